The first-order chi connectivity index (χ1) is 26.4. The first-order valence-electron chi connectivity index (χ1n) is 18.4. The number of amides is 4. The fourth-order valence-corrected chi connectivity index (χ4v) is 6.24. The number of unbranched alkanes of at least 4 members (excludes halogenated alkanes) is 2. The predicted molar refractivity (Wildman–Crippen MR) is 217 cm³/mol. The van der Waals surface area contributed by atoms with Crippen LogP contribution in [0.5, 0.6) is 0 Å². The van der Waals surface area contributed by atoms with Crippen LogP contribution in [0.15, 0.2) is 94.9 Å². The molecule has 55 heavy (non-hydrogen) atoms. The third kappa shape index (κ3) is 13.6. The Balaban J connectivity index is 1.53. The first-order valence-corrected chi connectivity index (χ1v) is 18.4. The monoisotopic (exact) mass is 751 g/mol. The van der Waals surface area contributed by atoms with E-state index in [1.54, 1.807) is 0 Å². The SMILES string of the molecule is NC(=O)[C@H](CCCCN=C(N)N)NC(=O)[C@H](CCCCN=C(N)N)NC(=O)[C@H](Cc1ccc2ccccc2c1)NC(=O)[C@H](N)Cc1ccc2ccccc2c1. The van der Waals surface area contributed by atoms with Gasteiger partial charge in [0, 0.05) is 19.5 Å². The molecule has 4 rings (SSSR count). The molecule has 0 unspecified atom stereocenters. The van der Waals surface area contributed by atoms with Gasteiger partial charge in [-0.25, -0.2) is 0 Å². The van der Waals surface area contributed by atoms with E-state index in [2.05, 4.69) is 25.9 Å². The van der Waals surface area contributed by atoms with Gasteiger partial charge in [-0.1, -0.05) is 84.9 Å². The number of hydrogen-bond acceptors (Lipinski definition) is 7. The van der Waals surface area contributed by atoms with Crippen molar-refractivity contribution in [1.82, 2.24) is 16.0 Å². The Kier molecular flexibility index (Phi) is 15.8. The van der Waals surface area contributed by atoms with Crippen molar-refractivity contribution in [2.45, 2.75) is 75.5 Å². The molecule has 0 fully saturated rings. The summed E-state index contributed by atoms with van der Waals surface area (Å²) in [6, 6.07) is 23.2. The highest BCUT2D eigenvalue weighted by Crippen LogP contribution is 2.19. The summed E-state index contributed by atoms with van der Waals surface area (Å²) in [5.74, 6) is -2.56. The van der Waals surface area contributed by atoms with Crippen LogP contribution >= 0.6 is 0 Å². The van der Waals surface area contributed by atoms with Gasteiger partial charge in [0.1, 0.15) is 18.1 Å². The van der Waals surface area contributed by atoms with Crippen molar-refractivity contribution < 1.29 is 19.2 Å². The third-order valence-electron chi connectivity index (χ3n) is 9.18. The number of rotatable bonds is 21. The van der Waals surface area contributed by atoms with Crippen LogP contribution in [0.4, 0.5) is 0 Å². The van der Waals surface area contributed by atoms with E-state index in [1.165, 1.54) is 0 Å². The Morgan fingerprint density at radius 3 is 1.45 bits per heavy atom. The number of benzene rings is 4. The summed E-state index contributed by atoms with van der Waals surface area (Å²) in [5, 5.41) is 12.5. The molecule has 0 radical (unpaired) electrons. The average Bonchev–Trinajstić information content (AvgIpc) is 3.15. The fourth-order valence-electron chi connectivity index (χ4n) is 6.24. The third-order valence-corrected chi connectivity index (χ3v) is 9.18. The van der Waals surface area contributed by atoms with Crippen molar-refractivity contribution in [3.8, 4) is 0 Å². The molecule has 15 heteroatoms. The summed E-state index contributed by atoms with van der Waals surface area (Å²) in [7, 11) is 0. The van der Waals surface area contributed by atoms with Gasteiger partial charge in [-0.15, -0.1) is 0 Å². The molecule has 15 N–H and O–H groups in total. The molecule has 0 aliphatic carbocycles. The number of aliphatic imine (C=N–C) groups is 2. The zero-order valence-electron chi connectivity index (χ0n) is 31.0. The number of hydrogen-bond donors (Lipinski definition) is 9. The Morgan fingerprint density at radius 2 is 0.945 bits per heavy atom. The van der Waals surface area contributed by atoms with Crippen molar-refractivity contribution in [2.75, 3.05) is 13.1 Å². The second-order valence-electron chi connectivity index (χ2n) is 13.6. The Hall–Kier alpha value is -6.22. The quantitative estimate of drug-likeness (QED) is 0.0332. The van der Waals surface area contributed by atoms with Crippen molar-refractivity contribution in [3.05, 3.63) is 96.1 Å². The van der Waals surface area contributed by atoms with Gasteiger partial charge in [0.15, 0.2) is 11.9 Å². The Bertz CT molecular complexity index is 1990. The summed E-state index contributed by atoms with van der Waals surface area (Å²) in [6.07, 6.45) is 2.80. The highest BCUT2D eigenvalue weighted by Gasteiger charge is 2.30. The second-order valence-corrected chi connectivity index (χ2v) is 13.6. The van der Waals surface area contributed by atoms with E-state index in [9.17, 15) is 19.2 Å². The fraction of sp³-hybridized carbons (Fsp3) is 0.350. The highest BCUT2D eigenvalue weighted by atomic mass is 16.2. The van der Waals surface area contributed by atoms with E-state index in [1.807, 2.05) is 84.9 Å². The van der Waals surface area contributed by atoms with Gasteiger partial charge >= 0.3 is 0 Å². The maximum Gasteiger partial charge on any atom is 0.243 e. The lowest BCUT2D eigenvalue weighted by atomic mass is 9.99. The van der Waals surface area contributed by atoms with E-state index in [0.717, 1.165) is 32.7 Å². The normalized spacial score (nSPS) is 13.2. The average molecular weight is 752 g/mol. The minimum absolute atomic E-state index is 0.0415. The van der Waals surface area contributed by atoms with Gasteiger partial charge in [0.05, 0.1) is 6.04 Å². The van der Waals surface area contributed by atoms with Gasteiger partial charge in [-0.05, 0) is 77.6 Å². The van der Waals surface area contributed by atoms with Crippen LogP contribution < -0.4 is 50.4 Å². The number of fused-ring (bicyclic) bond motifs is 2. The lowest BCUT2D eigenvalue weighted by Crippen LogP contribution is -2.58. The molecule has 15 nitrogen and oxygen atoms in total. The number of nitrogens with zero attached hydrogens (tertiary/aromatic N) is 2. The van der Waals surface area contributed by atoms with Crippen molar-refractivity contribution in [1.29, 1.82) is 0 Å². The molecular weight excluding hydrogens is 699 g/mol. The van der Waals surface area contributed by atoms with Crippen LogP contribution in [-0.2, 0) is 32.0 Å². The highest BCUT2D eigenvalue weighted by molar-refractivity contribution is 5.95. The maximum atomic E-state index is 14.2. The number of nitrogens with two attached hydrogens (primary N) is 6. The van der Waals surface area contributed by atoms with E-state index in [0.29, 0.717) is 38.8 Å². The molecular formula is C40H53N11O4. The van der Waals surface area contributed by atoms with Crippen LogP contribution in [0.3, 0.4) is 0 Å². The zero-order chi connectivity index (χ0) is 39.7. The molecule has 0 heterocycles. The molecule has 0 aliphatic heterocycles. The summed E-state index contributed by atoms with van der Waals surface area (Å²) in [5.41, 5.74) is 35.4. The van der Waals surface area contributed by atoms with E-state index < -0.39 is 47.8 Å². The molecule has 4 atom stereocenters. The largest absolute Gasteiger partial charge is 0.370 e. The molecule has 0 aliphatic rings. The second kappa shape index (κ2) is 20.9. The first kappa shape index (κ1) is 41.5. The molecule has 292 valence electrons. The molecule has 0 saturated carbocycles. The van der Waals surface area contributed by atoms with Crippen molar-refractivity contribution in [3.63, 3.8) is 0 Å². The number of carbonyl (C=O) groups excluding carboxylic acids is 4. The maximum absolute atomic E-state index is 14.2. The van der Waals surface area contributed by atoms with Crippen molar-refractivity contribution >= 4 is 57.1 Å². The van der Waals surface area contributed by atoms with Gasteiger partial charge < -0.3 is 50.4 Å². The molecule has 0 bridgehead atoms. The molecule has 4 aromatic rings. The summed E-state index contributed by atoms with van der Waals surface area (Å²) >= 11 is 0. The molecule has 4 aromatic carbocycles. The van der Waals surface area contributed by atoms with Gasteiger partial charge in [-0.3, -0.25) is 29.2 Å². The van der Waals surface area contributed by atoms with E-state index >= 15 is 0 Å². The van der Waals surface area contributed by atoms with Gasteiger partial charge in [0.2, 0.25) is 23.6 Å². The zero-order valence-corrected chi connectivity index (χ0v) is 31.0. The van der Waals surface area contributed by atoms with E-state index in [4.69, 9.17) is 34.4 Å². The minimum Gasteiger partial charge on any atom is -0.370 e. The molecule has 4 amide bonds. The van der Waals surface area contributed by atoms with E-state index in [-0.39, 0.29) is 37.6 Å². The standard InChI is InChI=1S/C40H53N11O4/c41-31(23-25-15-17-27-9-1-3-11-29(27)21-25)36(53)51-34(24-26-16-18-28-10-2-4-12-30(28)22-26)38(55)50-33(14-6-8-20-48-40(45)46)37(54)49-32(35(42)52)13-5-7-19-47-39(43)44/h1-4,9-12,15-18,21-22,31-34H,5-8,13-14,19-20,23-24,41H2,(H2,42,52)(H,49,54)(H,50,55)(H,51,53)(H4,43,44,47)(H4,45,46,48)/t31-,32+,33+,34+/m1/s1. The minimum atomic E-state index is -1.10. The number of guanidine groups is 2. The van der Waals surface area contributed by atoms with Gasteiger partial charge in [-0.2, -0.15) is 0 Å². The Morgan fingerprint density at radius 1 is 0.509 bits per heavy atom. The summed E-state index contributed by atoms with van der Waals surface area (Å²) in [6.45, 7) is 0.673. The number of nitrogens with one attached hydrogen (secondary N) is 3. The molecule has 0 saturated heterocycles. The van der Waals surface area contributed by atoms with Crippen molar-refractivity contribution in [2.24, 2.45) is 44.4 Å². The van der Waals surface area contributed by atoms with Gasteiger partial charge in [0.25, 0.3) is 0 Å². The lowest BCUT2D eigenvalue weighted by Gasteiger charge is -2.26. The van der Waals surface area contributed by atoms with Crippen LogP contribution in [0, 0.1) is 0 Å². The predicted octanol–water partition coefficient (Wildman–Crippen LogP) is 0.933. The Labute approximate surface area is 320 Å². The summed E-state index contributed by atoms with van der Waals surface area (Å²) < 4.78 is 0. The number of primary amides is 1. The summed E-state index contributed by atoms with van der Waals surface area (Å²) in [4.78, 5) is 61.8. The van der Waals surface area contributed by atoms with Crippen LogP contribution in [0.2, 0.25) is 0 Å². The van der Waals surface area contributed by atoms with Crippen LogP contribution in [0.25, 0.3) is 21.5 Å². The van der Waals surface area contributed by atoms with Crippen LogP contribution in [0.1, 0.15) is 49.7 Å². The lowest BCUT2D eigenvalue weighted by molar-refractivity contribution is -0.133. The van der Waals surface area contributed by atoms with Crippen LogP contribution in [-0.4, -0.2) is 72.8 Å². The smallest absolute Gasteiger partial charge is 0.243 e. The molecule has 0 spiro atoms. The molecule has 0 aromatic heterocycles. The number of carbonyl (C=O) groups is 4. The topological polar surface area (TPSA) is 285 Å².